The van der Waals surface area contributed by atoms with E-state index in [4.69, 9.17) is 26.6 Å². The number of halogens is 1. The monoisotopic (exact) mass is 531 g/mol. The molecule has 9 heteroatoms. The number of ether oxygens (including phenoxy) is 1. The van der Waals surface area contributed by atoms with Gasteiger partial charge in [0.25, 0.3) is 0 Å². The van der Waals surface area contributed by atoms with Crippen molar-refractivity contribution in [2.75, 3.05) is 58.3 Å². The molecule has 1 N–H and O–H groups in total. The molecule has 0 unspecified atom stereocenters. The zero-order chi connectivity index (χ0) is 26.9. The summed E-state index contributed by atoms with van der Waals surface area (Å²) in [6, 6.07) is 16.2. The Kier molecular flexibility index (Phi) is 9.66. The minimum Gasteiger partial charge on any atom is -0.467 e. The number of rotatable bonds is 3. The molecule has 2 aliphatic heterocycles. The Morgan fingerprint density at radius 1 is 1.03 bits per heavy atom. The summed E-state index contributed by atoms with van der Waals surface area (Å²) < 4.78 is 5.38. The molecule has 0 amide bonds. The van der Waals surface area contributed by atoms with Gasteiger partial charge in [-0.15, -0.1) is 0 Å². The van der Waals surface area contributed by atoms with Crippen molar-refractivity contribution < 1.29 is 4.74 Å². The van der Waals surface area contributed by atoms with Crippen LogP contribution in [0.4, 0.5) is 5.82 Å². The highest BCUT2D eigenvalue weighted by atomic mass is 35.5. The SMILES string of the molecule is CC#N.CN1CCCC1.COc1nc(N2CCNCC2)c2ncc(-c3cccc4cccc(Cl)c34)cc2n1. The van der Waals surface area contributed by atoms with Crippen LogP contribution in [0.3, 0.4) is 0 Å². The van der Waals surface area contributed by atoms with Crippen LogP contribution in [0.1, 0.15) is 19.8 Å². The van der Waals surface area contributed by atoms with Gasteiger partial charge in [-0.25, -0.2) is 0 Å². The average molecular weight is 532 g/mol. The fourth-order valence-corrected chi connectivity index (χ4v) is 5.01. The van der Waals surface area contributed by atoms with Crippen molar-refractivity contribution in [2.45, 2.75) is 19.8 Å². The van der Waals surface area contributed by atoms with Gasteiger partial charge in [0, 0.05) is 55.3 Å². The number of nitrogens with zero attached hydrogens (tertiary/aromatic N) is 6. The molecule has 4 aromatic rings. The second-order valence-electron chi connectivity index (χ2n) is 9.24. The quantitative estimate of drug-likeness (QED) is 0.388. The third kappa shape index (κ3) is 6.48. The molecule has 2 aromatic heterocycles. The molecular weight excluding hydrogens is 498 g/mol. The van der Waals surface area contributed by atoms with E-state index in [2.05, 4.69) is 50.3 Å². The lowest BCUT2D eigenvalue weighted by Gasteiger charge is -2.28. The standard InChI is InChI=1S/C22H20ClN5O.C5H11N.C2H3N/c1-29-22-26-18-12-15(16-6-2-4-14-5-3-7-17(23)19(14)16)13-25-20(18)21(27-22)28-10-8-24-9-11-28;1-6-4-2-3-5-6;1-2-3/h2-7,12-13,24H,8-11H2,1H3;2-5H2,1H3;1H3. The number of aromatic nitrogens is 3. The zero-order valence-electron chi connectivity index (χ0n) is 22.2. The van der Waals surface area contributed by atoms with Gasteiger partial charge in [-0.05, 0) is 56.1 Å². The number of hydrogen-bond acceptors (Lipinski definition) is 8. The van der Waals surface area contributed by atoms with Crippen LogP contribution in [-0.4, -0.2) is 73.3 Å². The van der Waals surface area contributed by atoms with Gasteiger partial charge in [0.1, 0.15) is 5.52 Å². The zero-order valence-corrected chi connectivity index (χ0v) is 23.0. The molecule has 0 radical (unpaired) electrons. The maximum atomic E-state index is 7.32. The number of hydrogen-bond donors (Lipinski definition) is 1. The molecular formula is C29H34ClN7O. The van der Waals surface area contributed by atoms with Crippen LogP contribution in [0.5, 0.6) is 6.01 Å². The van der Waals surface area contributed by atoms with E-state index in [0.29, 0.717) is 6.01 Å². The Labute approximate surface area is 229 Å². The summed E-state index contributed by atoms with van der Waals surface area (Å²) in [5, 5.41) is 13.5. The van der Waals surface area contributed by atoms with Gasteiger partial charge in [0.15, 0.2) is 5.82 Å². The minimum absolute atomic E-state index is 0.348. The fraction of sp³-hybridized carbons (Fsp3) is 0.379. The van der Waals surface area contributed by atoms with Crippen molar-refractivity contribution in [1.29, 1.82) is 5.26 Å². The molecule has 0 saturated carbocycles. The van der Waals surface area contributed by atoms with Gasteiger partial charge in [-0.3, -0.25) is 4.98 Å². The summed E-state index contributed by atoms with van der Waals surface area (Å²) in [5.41, 5.74) is 3.53. The fourth-order valence-electron chi connectivity index (χ4n) is 4.73. The van der Waals surface area contributed by atoms with Crippen LogP contribution >= 0.6 is 11.6 Å². The van der Waals surface area contributed by atoms with Crippen molar-refractivity contribution in [3.63, 3.8) is 0 Å². The number of benzene rings is 2. The molecule has 6 rings (SSSR count). The van der Waals surface area contributed by atoms with E-state index in [1.54, 1.807) is 13.2 Å². The Balaban J connectivity index is 0.000000321. The number of pyridine rings is 1. The van der Waals surface area contributed by atoms with E-state index < -0.39 is 0 Å². The predicted molar refractivity (Wildman–Crippen MR) is 155 cm³/mol. The first-order valence-corrected chi connectivity index (χ1v) is 13.3. The number of likely N-dealkylation sites (tertiary alicyclic amines) is 1. The first-order valence-electron chi connectivity index (χ1n) is 12.9. The third-order valence-corrected chi connectivity index (χ3v) is 6.91. The third-order valence-electron chi connectivity index (χ3n) is 6.59. The van der Waals surface area contributed by atoms with Crippen molar-refractivity contribution in [2.24, 2.45) is 0 Å². The highest BCUT2D eigenvalue weighted by Gasteiger charge is 2.19. The molecule has 2 aromatic carbocycles. The van der Waals surface area contributed by atoms with Crippen LogP contribution in [-0.2, 0) is 0 Å². The maximum Gasteiger partial charge on any atom is 0.318 e. The van der Waals surface area contributed by atoms with Gasteiger partial charge in [-0.1, -0.05) is 41.9 Å². The number of nitrogens with one attached hydrogen (secondary N) is 1. The number of piperazine rings is 1. The van der Waals surface area contributed by atoms with E-state index in [1.807, 2.05) is 30.5 Å². The lowest BCUT2D eigenvalue weighted by molar-refractivity contribution is 0.381. The van der Waals surface area contributed by atoms with Gasteiger partial charge in [-0.2, -0.15) is 15.2 Å². The summed E-state index contributed by atoms with van der Waals surface area (Å²) in [6.45, 7) is 7.65. The van der Waals surface area contributed by atoms with Crippen LogP contribution in [0.15, 0.2) is 48.7 Å². The topological polar surface area (TPSA) is 90.2 Å². The smallest absolute Gasteiger partial charge is 0.318 e. The van der Waals surface area contributed by atoms with E-state index in [0.717, 1.165) is 70.0 Å². The molecule has 198 valence electrons. The Bertz CT molecular complexity index is 1400. The molecule has 2 saturated heterocycles. The van der Waals surface area contributed by atoms with Crippen molar-refractivity contribution in [3.05, 3.63) is 53.7 Å². The second kappa shape index (κ2) is 13.3. The molecule has 0 spiro atoms. The molecule has 8 nitrogen and oxygen atoms in total. The van der Waals surface area contributed by atoms with Crippen molar-refractivity contribution in [3.8, 4) is 23.2 Å². The van der Waals surface area contributed by atoms with Crippen LogP contribution in [0.25, 0.3) is 32.9 Å². The van der Waals surface area contributed by atoms with E-state index in [9.17, 15) is 0 Å². The van der Waals surface area contributed by atoms with Crippen LogP contribution in [0.2, 0.25) is 5.02 Å². The van der Waals surface area contributed by atoms with E-state index in [1.165, 1.54) is 32.9 Å². The number of nitriles is 1. The molecule has 0 bridgehead atoms. The summed E-state index contributed by atoms with van der Waals surface area (Å²) in [4.78, 5) is 18.5. The van der Waals surface area contributed by atoms with Gasteiger partial charge >= 0.3 is 6.01 Å². The number of anilines is 1. The first kappa shape index (κ1) is 27.5. The molecule has 38 heavy (non-hydrogen) atoms. The molecule has 0 atom stereocenters. The highest BCUT2D eigenvalue weighted by Crippen LogP contribution is 2.35. The predicted octanol–water partition coefficient (Wildman–Crippen LogP) is 5.16. The molecule has 0 aliphatic carbocycles. The van der Waals surface area contributed by atoms with E-state index >= 15 is 0 Å². The average Bonchev–Trinajstić information content (AvgIpc) is 3.44. The molecule has 2 fully saturated rings. The number of methoxy groups -OCH3 is 1. The Hall–Kier alpha value is -3.51. The summed E-state index contributed by atoms with van der Waals surface area (Å²) in [6.07, 6.45) is 4.70. The summed E-state index contributed by atoms with van der Waals surface area (Å²) in [5.74, 6) is 0.816. The largest absolute Gasteiger partial charge is 0.467 e. The Morgan fingerprint density at radius 3 is 2.34 bits per heavy atom. The van der Waals surface area contributed by atoms with Crippen molar-refractivity contribution >= 4 is 39.2 Å². The first-order chi connectivity index (χ1) is 18.5. The van der Waals surface area contributed by atoms with Crippen molar-refractivity contribution in [1.82, 2.24) is 25.2 Å². The normalized spacial score (nSPS) is 15.3. The van der Waals surface area contributed by atoms with Gasteiger partial charge in [0.05, 0.1) is 18.7 Å². The lowest BCUT2D eigenvalue weighted by atomic mass is 9.99. The van der Waals surface area contributed by atoms with Gasteiger partial charge < -0.3 is 19.9 Å². The lowest BCUT2D eigenvalue weighted by Crippen LogP contribution is -2.44. The second-order valence-corrected chi connectivity index (χ2v) is 9.65. The summed E-state index contributed by atoms with van der Waals surface area (Å²) >= 11 is 6.53. The van der Waals surface area contributed by atoms with Crippen LogP contribution < -0.4 is 15.0 Å². The maximum absolute atomic E-state index is 7.32. The van der Waals surface area contributed by atoms with E-state index in [-0.39, 0.29) is 0 Å². The molecule has 2 aliphatic rings. The van der Waals surface area contributed by atoms with Crippen LogP contribution in [0, 0.1) is 11.3 Å². The summed E-state index contributed by atoms with van der Waals surface area (Å²) in [7, 11) is 3.76. The molecule has 4 heterocycles. The van der Waals surface area contributed by atoms with Gasteiger partial charge in [0.2, 0.25) is 0 Å². The highest BCUT2D eigenvalue weighted by molar-refractivity contribution is 6.36. The minimum atomic E-state index is 0.348. The number of fused-ring (bicyclic) bond motifs is 2. The Morgan fingerprint density at radius 2 is 1.71 bits per heavy atom.